The Morgan fingerprint density at radius 2 is 2.09 bits per heavy atom. The van der Waals surface area contributed by atoms with E-state index in [1.807, 2.05) is 12.1 Å². The Kier molecular flexibility index (Phi) is 3.44. The van der Waals surface area contributed by atoms with E-state index in [4.69, 9.17) is 4.74 Å². The molecule has 2 aromatic rings. The molecule has 2 atom stereocenters. The van der Waals surface area contributed by atoms with Crippen molar-refractivity contribution in [1.29, 1.82) is 0 Å². The van der Waals surface area contributed by atoms with Crippen molar-refractivity contribution < 1.29 is 9.13 Å². The Morgan fingerprint density at radius 3 is 2.91 bits per heavy atom. The van der Waals surface area contributed by atoms with E-state index in [0.717, 1.165) is 36.9 Å². The number of aliphatic imine (C=N–C) groups is 1. The summed E-state index contributed by atoms with van der Waals surface area (Å²) in [6.07, 6.45) is 6.49. The largest absolute Gasteiger partial charge is 0.494 e. The molecule has 2 aliphatic rings. The van der Waals surface area contributed by atoms with Crippen molar-refractivity contribution in [3.63, 3.8) is 0 Å². The van der Waals surface area contributed by atoms with Crippen molar-refractivity contribution in [2.75, 3.05) is 7.11 Å². The molecule has 0 saturated heterocycles. The minimum Gasteiger partial charge on any atom is -0.494 e. The predicted molar refractivity (Wildman–Crippen MR) is 90.4 cm³/mol. The maximum absolute atomic E-state index is 14.1. The molecule has 23 heavy (non-hydrogen) atoms. The molecular weight excluding hydrogens is 289 g/mol. The lowest BCUT2D eigenvalue weighted by atomic mass is 9.65. The second-order valence-electron chi connectivity index (χ2n) is 6.62. The van der Waals surface area contributed by atoms with Crippen molar-refractivity contribution in [3.05, 3.63) is 59.4 Å². The highest BCUT2D eigenvalue weighted by atomic mass is 19.1. The molecule has 0 bridgehead atoms. The lowest BCUT2D eigenvalue weighted by Gasteiger charge is -2.37. The summed E-state index contributed by atoms with van der Waals surface area (Å²) in [5.41, 5.74) is 3.52. The van der Waals surface area contributed by atoms with E-state index in [1.54, 1.807) is 12.1 Å². The summed E-state index contributed by atoms with van der Waals surface area (Å²) in [5.74, 6) is 0.402. The molecule has 4 rings (SSSR count). The molecule has 1 aliphatic carbocycles. The van der Waals surface area contributed by atoms with Crippen LogP contribution in [-0.4, -0.2) is 13.3 Å². The van der Waals surface area contributed by atoms with Crippen LogP contribution in [-0.2, 0) is 5.41 Å². The normalized spacial score (nSPS) is 25.6. The van der Waals surface area contributed by atoms with Crippen LogP contribution < -0.4 is 4.74 Å². The summed E-state index contributed by atoms with van der Waals surface area (Å²) >= 11 is 0. The van der Waals surface area contributed by atoms with Gasteiger partial charge in [-0.15, -0.1) is 0 Å². The van der Waals surface area contributed by atoms with Gasteiger partial charge in [-0.2, -0.15) is 0 Å². The van der Waals surface area contributed by atoms with E-state index in [0.29, 0.717) is 11.7 Å². The van der Waals surface area contributed by atoms with E-state index < -0.39 is 0 Å². The van der Waals surface area contributed by atoms with Gasteiger partial charge >= 0.3 is 0 Å². The predicted octanol–water partition coefficient (Wildman–Crippen LogP) is 5.15. The number of benzene rings is 2. The highest BCUT2D eigenvalue weighted by Crippen LogP contribution is 2.50. The minimum atomic E-state index is -0.273. The van der Waals surface area contributed by atoms with Gasteiger partial charge in [-0.3, -0.25) is 4.99 Å². The molecule has 118 valence electrons. The highest BCUT2D eigenvalue weighted by Gasteiger charge is 2.41. The molecule has 1 heterocycles. The quantitative estimate of drug-likeness (QED) is 0.752. The fourth-order valence-electron chi connectivity index (χ4n) is 4.16. The lowest BCUT2D eigenvalue weighted by molar-refractivity contribution is 0.347. The first-order chi connectivity index (χ1) is 11.2. The minimum absolute atomic E-state index is 0.0237. The summed E-state index contributed by atoms with van der Waals surface area (Å²) in [4.78, 5) is 4.63. The summed E-state index contributed by atoms with van der Waals surface area (Å²) in [7, 11) is 1.50. The summed E-state index contributed by atoms with van der Waals surface area (Å²) in [6.45, 7) is 0. The fraction of sp³-hybridized carbons (Fsp3) is 0.350. The fourth-order valence-corrected chi connectivity index (χ4v) is 4.16. The molecule has 0 aromatic heterocycles. The van der Waals surface area contributed by atoms with E-state index in [1.165, 1.54) is 12.7 Å². The van der Waals surface area contributed by atoms with E-state index >= 15 is 0 Å². The number of halogens is 1. The molecule has 1 aliphatic heterocycles. The third kappa shape index (κ3) is 2.35. The van der Waals surface area contributed by atoms with Gasteiger partial charge in [-0.1, -0.05) is 30.7 Å². The van der Waals surface area contributed by atoms with Crippen molar-refractivity contribution in [1.82, 2.24) is 0 Å². The Bertz CT molecular complexity index is 770. The number of rotatable bonds is 2. The van der Waals surface area contributed by atoms with Gasteiger partial charge < -0.3 is 4.74 Å². The van der Waals surface area contributed by atoms with Crippen LogP contribution in [0.15, 0.2) is 47.5 Å². The third-order valence-corrected chi connectivity index (χ3v) is 5.32. The Balaban J connectivity index is 1.66. The zero-order valence-electron chi connectivity index (χ0n) is 13.3. The first kappa shape index (κ1) is 14.4. The van der Waals surface area contributed by atoms with Crippen LogP contribution in [0.3, 0.4) is 0 Å². The van der Waals surface area contributed by atoms with E-state index in [2.05, 4.69) is 29.4 Å². The highest BCUT2D eigenvalue weighted by molar-refractivity contribution is 5.85. The van der Waals surface area contributed by atoms with Crippen LogP contribution >= 0.6 is 0 Å². The first-order valence-electron chi connectivity index (χ1n) is 8.20. The lowest BCUT2D eigenvalue weighted by Crippen LogP contribution is -2.32. The van der Waals surface area contributed by atoms with Crippen LogP contribution in [0.4, 0.5) is 10.1 Å². The number of fused-ring (bicyclic) bond motifs is 2. The summed E-state index contributed by atoms with van der Waals surface area (Å²) < 4.78 is 19.1. The van der Waals surface area contributed by atoms with Crippen molar-refractivity contribution in [3.8, 4) is 5.75 Å². The van der Waals surface area contributed by atoms with Gasteiger partial charge in [0.15, 0.2) is 11.6 Å². The molecule has 0 radical (unpaired) electrons. The van der Waals surface area contributed by atoms with E-state index in [-0.39, 0.29) is 11.2 Å². The molecule has 0 N–H and O–H groups in total. The van der Waals surface area contributed by atoms with Gasteiger partial charge in [-0.25, -0.2) is 4.39 Å². The van der Waals surface area contributed by atoms with Gasteiger partial charge in [0.25, 0.3) is 0 Å². The van der Waals surface area contributed by atoms with Gasteiger partial charge in [0.1, 0.15) is 0 Å². The molecule has 2 nitrogen and oxygen atoms in total. The number of hydrogen-bond donors (Lipinski definition) is 0. The van der Waals surface area contributed by atoms with Crippen molar-refractivity contribution in [2.24, 2.45) is 4.99 Å². The zero-order valence-corrected chi connectivity index (χ0v) is 13.3. The maximum atomic E-state index is 14.1. The Morgan fingerprint density at radius 1 is 1.22 bits per heavy atom. The topological polar surface area (TPSA) is 21.6 Å². The van der Waals surface area contributed by atoms with Crippen LogP contribution in [0.25, 0.3) is 0 Å². The number of methoxy groups -OCH3 is 1. The average Bonchev–Trinajstić information content (AvgIpc) is 2.93. The SMILES string of the molecule is COc1ccc(C2CCCC3(C=Nc4ccccc43)C2)cc1F. The zero-order chi connectivity index (χ0) is 15.9. The molecule has 0 amide bonds. The average molecular weight is 309 g/mol. The molecule has 3 heteroatoms. The standard InChI is InChI=1S/C20H20FNO/c1-23-19-9-8-14(11-17(19)21)15-5-4-10-20(12-15)13-22-18-7-3-2-6-16(18)20/h2-3,6-9,11,13,15H,4-5,10,12H2,1H3. The van der Waals surface area contributed by atoms with E-state index in [9.17, 15) is 4.39 Å². The molecular formula is C20H20FNO. The second kappa shape index (κ2) is 5.48. The van der Waals surface area contributed by atoms with Crippen LogP contribution in [0.5, 0.6) is 5.75 Å². The maximum Gasteiger partial charge on any atom is 0.165 e. The smallest absolute Gasteiger partial charge is 0.165 e. The third-order valence-electron chi connectivity index (χ3n) is 5.32. The monoisotopic (exact) mass is 309 g/mol. The number of ether oxygens (including phenoxy) is 1. The molecule has 1 fully saturated rings. The number of hydrogen-bond acceptors (Lipinski definition) is 2. The molecule has 2 unspecified atom stereocenters. The summed E-state index contributed by atoms with van der Waals surface area (Å²) in [6, 6.07) is 13.8. The van der Waals surface area contributed by atoms with Crippen LogP contribution in [0.1, 0.15) is 42.7 Å². The summed E-state index contributed by atoms with van der Waals surface area (Å²) in [5, 5.41) is 0. The van der Waals surface area contributed by atoms with Crippen LogP contribution in [0, 0.1) is 5.82 Å². The molecule has 1 spiro atoms. The van der Waals surface area contributed by atoms with Crippen LogP contribution in [0.2, 0.25) is 0 Å². The first-order valence-corrected chi connectivity index (χ1v) is 8.20. The number of para-hydroxylation sites is 1. The molecule has 1 saturated carbocycles. The van der Waals surface area contributed by atoms with Crippen molar-refractivity contribution >= 4 is 11.9 Å². The Labute approximate surface area is 136 Å². The van der Waals surface area contributed by atoms with Gasteiger partial charge in [-0.05, 0) is 54.5 Å². The molecule has 2 aromatic carbocycles. The van der Waals surface area contributed by atoms with Gasteiger partial charge in [0, 0.05) is 11.6 Å². The van der Waals surface area contributed by atoms with Crippen molar-refractivity contribution in [2.45, 2.75) is 37.0 Å². The van der Waals surface area contributed by atoms with Gasteiger partial charge in [0.2, 0.25) is 0 Å². The number of nitrogens with zero attached hydrogens (tertiary/aromatic N) is 1. The second-order valence-corrected chi connectivity index (χ2v) is 6.62. The Hall–Kier alpha value is -2.16. The van der Waals surface area contributed by atoms with Gasteiger partial charge in [0.05, 0.1) is 12.8 Å².